The third kappa shape index (κ3) is 2.64. The van der Waals surface area contributed by atoms with E-state index in [-0.39, 0.29) is 5.75 Å². The molecule has 0 spiro atoms. The first kappa shape index (κ1) is 16.9. The Labute approximate surface area is 127 Å². The summed E-state index contributed by atoms with van der Waals surface area (Å²) in [5.74, 6) is 0.326. The Hall–Kier alpha value is -1.44. The van der Waals surface area contributed by atoms with Crippen LogP contribution in [-0.2, 0) is 16.5 Å². The normalized spacial score (nSPS) is 17.1. The van der Waals surface area contributed by atoms with Crippen LogP contribution in [0, 0.1) is 20.8 Å². The van der Waals surface area contributed by atoms with Gasteiger partial charge in [-0.1, -0.05) is 0 Å². The molecule has 8 heteroatoms. The summed E-state index contributed by atoms with van der Waals surface area (Å²) in [6.45, 7) is 8.43. The molecule has 0 saturated heterocycles. The van der Waals surface area contributed by atoms with Gasteiger partial charge in [0, 0.05) is 17.5 Å². The van der Waals surface area contributed by atoms with Crippen molar-refractivity contribution in [2.24, 2.45) is 0 Å². The van der Waals surface area contributed by atoms with Gasteiger partial charge < -0.3 is 8.92 Å². The van der Waals surface area contributed by atoms with Crippen molar-refractivity contribution in [1.29, 1.82) is 0 Å². The van der Waals surface area contributed by atoms with Crippen LogP contribution in [0.2, 0.25) is 0 Å². The van der Waals surface area contributed by atoms with E-state index >= 15 is 0 Å². The number of halogens is 3. The quantitative estimate of drug-likeness (QED) is 0.611. The monoisotopic (exact) mass is 338 g/mol. The molecule has 0 fully saturated rings. The summed E-state index contributed by atoms with van der Waals surface area (Å²) in [5.41, 5.74) is -4.02. The summed E-state index contributed by atoms with van der Waals surface area (Å²) in [4.78, 5) is 0. The zero-order valence-corrected chi connectivity index (χ0v) is 13.7. The first-order valence-corrected chi connectivity index (χ1v) is 8.00. The van der Waals surface area contributed by atoms with Crippen LogP contribution in [0.5, 0.6) is 11.5 Å². The number of benzene rings is 1. The molecule has 0 saturated carbocycles. The van der Waals surface area contributed by atoms with E-state index in [1.165, 1.54) is 13.8 Å². The van der Waals surface area contributed by atoms with Crippen molar-refractivity contribution < 1.29 is 30.5 Å². The van der Waals surface area contributed by atoms with Crippen molar-refractivity contribution in [3.05, 3.63) is 22.3 Å². The molecule has 124 valence electrons. The second kappa shape index (κ2) is 4.78. The van der Waals surface area contributed by atoms with Crippen LogP contribution < -0.4 is 8.92 Å². The van der Waals surface area contributed by atoms with Crippen LogP contribution in [0.25, 0.3) is 0 Å². The first-order valence-electron chi connectivity index (χ1n) is 6.59. The fraction of sp³-hybridized carbons (Fsp3) is 0.571. The average molecular weight is 338 g/mol. The number of fused-ring (bicyclic) bond motifs is 1. The first-order chi connectivity index (χ1) is 9.77. The zero-order valence-electron chi connectivity index (χ0n) is 12.9. The van der Waals surface area contributed by atoms with Gasteiger partial charge in [0.1, 0.15) is 17.1 Å². The summed E-state index contributed by atoms with van der Waals surface area (Å²) >= 11 is 0. The molecule has 0 aliphatic carbocycles. The minimum atomic E-state index is -5.70. The molecule has 1 aliphatic heterocycles. The van der Waals surface area contributed by atoms with Crippen LogP contribution in [0.1, 0.15) is 36.1 Å². The summed E-state index contributed by atoms with van der Waals surface area (Å²) in [6, 6.07) is 0. The molecular weight excluding hydrogens is 321 g/mol. The largest absolute Gasteiger partial charge is 0.534 e. The molecule has 0 amide bonds. The van der Waals surface area contributed by atoms with Gasteiger partial charge in [0.25, 0.3) is 0 Å². The van der Waals surface area contributed by atoms with Gasteiger partial charge >= 0.3 is 15.6 Å². The van der Waals surface area contributed by atoms with Gasteiger partial charge in [0.15, 0.2) is 0 Å². The third-order valence-corrected chi connectivity index (χ3v) is 4.72. The van der Waals surface area contributed by atoms with E-state index < -0.39 is 21.2 Å². The van der Waals surface area contributed by atoms with Gasteiger partial charge in [-0.3, -0.25) is 0 Å². The van der Waals surface area contributed by atoms with Crippen LogP contribution in [0.3, 0.4) is 0 Å². The Kier molecular flexibility index (Phi) is 3.67. The number of hydrogen-bond donors (Lipinski definition) is 0. The minimum Gasteiger partial charge on any atom is -0.487 e. The van der Waals surface area contributed by atoms with Gasteiger partial charge in [-0.05, 0) is 45.7 Å². The molecule has 1 heterocycles. The highest BCUT2D eigenvalue weighted by Gasteiger charge is 2.49. The molecule has 1 aromatic rings. The molecular formula is C14H17F3O4S. The zero-order chi connectivity index (χ0) is 17.1. The Balaban J connectivity index is 2.60. The SMILES string of the molecule is Cc1c(C)c2c(c(C)c1OS(=O)(=O)C(F)(F)F)CC(C)(C)O2. The van der Waals surface area contributed by atoms with E-state index in [1.807, 2.05) is 13.8 Å². The van der Waals surface area contributed by atoms with Gasteiger partial charge in [-0.25, -0.2) is 0 Å². The molecule has 0 bridgehead atoms. The van der Waals surface area contributed by atoms with Crippen LogP contribution >= 0.6 is 0 Å². The topological polar surface area (TPSA) is 52.6 Å². The van der Waals surface area contributed by atoms with Crippen molar-refractivity contribution in [3.8, 4) is 11.5 Å². The number of alkyl halides is 3. The molecule has 0 unspecified atom stereocenters. The highest BCUT2D eigenvalue weighted by atomic mass is 32.2. The second-order valence-corrected chi connectivity index (χ2v) is 7.57. The molecule has 0 radical (unpaired) electrons. The standard InChI is InChI=1S/C14H17F3O4S/c1-7-8(2)12-10(6-13(4,5)20-12)9(3)11(7)21-22(18,19)14(15,16)17/h6H2,1-5H3. The van der Waals surface area contributed by atoms with E-state index in [9.17, 15) is 21.6 Å². The Morgan fingerprint density at radius 2 is 1.64 bits per heavy atom. The second-order valence-electron chi connectivity index (χ2n) is 6.03. The lowest BCUT2D eigenvalue weighted by Crippen LogP contribution is -2.28. The fourth-order valence-electron chi connectivity index (χ4n) is 2.53. The molecule has 22 heavy (non-hydrogen) atoms. The molecule has 0 atom stereocenters. The van der Waals surface area contributed by atoms with Gasteiger partial charge in [0.2, 0.25) is 0 Å². The molecule has 4 nitrogen and oxygen atoms in total. The predicted molar refractivity (Wildman–Crippen MR) is 74.7 cm³/mol. The van der Waals surface area contributed by atoms with Crippen molar-refractivity contribution in [2.45, 2.75) is 52.1 Å². The van der Waals surface area contributed by atoms with Crippen molar-refractivity contribution in [1.82, 2.24) is 0 Å². The van der Waals surface area contributed by atoms with Crippen LogP contribution in [0.15, 0.2) is 0 Å². The van der Waals surface area contributed by atoms with E-state index in [0.717, 1.165) is 0 Å². The fourth-order valence-corrected chi connectivity index (χ4v) is 3.09. The maximum Gasteiger partial charge on any atom is 0.534 e. The minimum absolute atomic E-state index is 0.269. The van der Waals surface area contributed by atoms with Crippen LogP contribution in [-0.4, -0.2) is 19.5 Å². The summed E-state index contributed by atoms with van der Waals surface area (Å²) < 4.78 is 70.4. The van der Waals surface area contributed by atoms with Gasteiger partial charge in [0.05, 0.1) is 0 Å². The maximum absolute atomic E-state index is 12.5. The van der Waals surface area contributed by atoms with Crippen molar-refractivity contribution in [2.75, 3.05) is 0 Å². The molecule has 1 aliphatic rings. The number of hydrogen-bond acceptors (Lipinski definition) is 4. The van der Waals surface area contributed by atoms with Crippen molar-refractivity contribution in [3.63, 3.8) is 0 Å². The molecule has 0 N–H and O–H groups in total. The lowest BCUT2D eigenvalue weighted by atomic mass is 9.93. The van der Waals surface area contributed by atoms with Crippen LogP contribution in [0.4, 0.5) is 13.2 Å². The molecule has 1 aromatic carbocycles. The van der Waals surface area contributed by atoms with Gasteiger partial charge in [-0.15, -0.1) is 0 Å². The summed E-state index contributed by atoms with van der Waals surface area (Å²) in [5, 5.41) is 0. The average Bonchev–Trinajstić information content (AvgIpc) is 2.67. The van der Waals surface area contributed by atoms with E-state index in [2.05, 4.69) is 4.18 Å². The summed E-state index contributed by atoms with van der Waals surface area (Å²) in [7, 11) is -5.70. The van der Waals surface area contributed by atoms with E-state index in [0.29, 0.717) is 34.4 Å². The lowest BCUT2D eigenvalue weighted by molar-refractivity contribution is -0.0500. The molecule has 2 rings (SSSR count). The van der Waals surface area contributed by atoms with Gasteiger partial charge in [-0.2, -0.15) is 21.6 Å². The van der Waals surface area contributed by atoms with E-state index in [1.54, 1.807) is 6.92 Å². The smallest absolute Gasteiger partial charge is 0.487 e. The van der Waals surface area contributed by atoms with Crippen molar-refractivity contribution >= 4 is 10.1 Å². The number of rotatable bonds is 2. The Morgan fingerprint density at radius 1 is 1.09 bits per heavy atom. The van der Waals surface area contributed by atoms with E-state index in [4.69, 9.17) is 4.74 Å². The lowest BCUT2D eigenvalue weighted by Gasteiger charge is -2.19. The predicted octanol–water partition coefficient (Wildman–Crippen LogP) is 3.55. The number of ether oxygens (including phenoxy) is 1. The third-order valence-electron chi connectivity index (χ3n) is 3.77. The summed E-state index contributed by atoms with van der Waals surface area (Å²) in [6.07, 6.45) is 0.470. The Morgan fingerprint density at radius 3 is 2.14 bits per heavy atom. The molecule has 0 aromatic heterocycles. The highest BCUT2D eigenvalue weighted by Crippen LogP contribution is 2.46. The maximum atomic E-state index is 12.5. The Bertz CT molecular complexity index is 734. The highest BCUT2D eigenvalue weighted by molar-refractivity contribution is 7.88.